The van der Waals surface area contributed by atoms with Crippen LogP contribution < -0.4 is 4.74 Å². The first-order valence-corrected chi connectivity index (χ1v) is 10.4. The van der Waals surface area contributed by atoms with E-state index in [1.54, 1.807) is 0 Å². The molecule has 0 bridgehead atoms. The molecule has 0 atom stereocenters. The first kappa shape index (κ1) is 18.1. The number of aryl methyl sites for hydroxylation is 1. The molecule has 4 aromatic rings. The highest BCUT2D eigenvalue weighted by Gasteiger charge is 2.18. The van der Waals surface area contributed by atoms with Gasteiger partial charge in [0.1, 0.15) is 5.58 Å². The highest BCUT2D eigenvalue weighted by atomic mass is 16.5. The summed E-state index contributed by atoms with van der Waals surface area (Å²) in [7, 11) is 0. The first-order chi connectivity index (χ1) is 14.3. The van der Waals surface area contributed by atoms with Gasteiger partial charge in [0.2, 0.25) is 5.88 Å². The minimum Gasteiger partial charge on any atom is -0.477 e. The second-order valence-electron chi connectivity index (χ2n) is 7.67. The molecule has 0 N–H and O–H groups in total. The Labute approximate surface area is 170 Å². The fourth-order valence-electron chi connectivity index (χ4n) is 4.11. The Morgan fingerprint density at radius 3 is 2.55 bits per heavy atom. The van der Waals surface area contributed by atoms with Crippen molar-refractivity contribution >= 4 is 21.9 Å². The van der Waals surface area contributed by atoms with Crippen molar-refractivity contribution in [1.82, 2.24) is 14.9 Å². The van der Waals surface area contributed by atoms with Crippen LogP contribution in [0.5, 0.6) is 5.88 Å². The predicted octanol–water partition coefficient (Wildman–Crippen LogP) is 5.22. The van der Waals surface area contributed by atoms with Crippen LogP contribution in [0.1, 0.15) is 24.8 Å². The molecule has 148 valence electrons. The summed E-state index contributed by atoms with van der Waals surface area (Å²) >= 11 is 0. The van der Waals surface area contributed by atoms with Crippen LogP contribution in [0.15, 0.2) is 52.9 Å². The van der Waals surface area contributed by atoms with Gasteiger partial charge in [-0.2, -0.15) is 4.98 Å². The van der Waals surface area contributed by atoms with Gasteiger partial charge in [0, 0.05) is 17.5 Å². The summed E-state index contributed by atoms with van der Waals surface area (Å²) in [5.74, 6) is 1.91. The number of nitrogens with zero attached hydrogens (tertiary/aromatic N) is 3. The number of ether oxygens (including phenoxy) is 1. The Balaban J connectivity index is 1.45. The van der Waals surface area contributed by atoms with E-state index in [1.807, 2.05) is 42.5 Å². The highest BCUT2D eigenvalue weighted by Crippen LogP contribution is 2.33. The maximum Gasteiger partial charge on any atom is 0.225 e. The molecular weight excluding hydrogens is 362 g/mol. The van der Waals surface area contributed by atoms with Gasteiger partial charge in [0.25, 0.3) is 0 Å². The number of para-hydroxylation sites is 2. The normalized spacial score (nSPS) is 14.8. The van der Waals surface area contributed by atoms with E-state index in [9.17, 15) is 0 Å². The smallest absolute Gasteiger partial charge is 0.225 e. The van der Waals surface area contributed by atoms with Crippen molar-refractivity contribution in [2.24, 2.45) is 0 Å². The maximum atomic E-state index is 6.14. The van der Waals surface area contributed by atoms with Crippen molar-refractivity contribution in [3.8, 4) is 17.5 Å². The fourth-order valence-corrected chi connectivity index (χ4v) is 4.11. The molecule has 0 unspecified atom stereocenters. The third-order valence-corrected chi connectivity index (χ3v) is 5.67. The zero-order valence-electron chi connectivity index (χ0n) is 16.7. The van der Waals surface area contributed by atoms with Crippen molar-refractivity contribution in [3.05, 3.63) is 54.1 Å². The minimum atomic E-state index is 0.576. The van der Waals surface area contributed by atoms with Crippen LogP contribution in [0.25, 0.3) is 33.5 Å². The number of rotatable bonds is 6. The zero-order valence-corrected chi connectivity index (χ0v) is 16.7. The van der Waals surface area contributed by atoms with Crippen LogP contribution >= 0.6 is 0 Å². The Hall–Kier alpha value is -2.92. The lowest BCUT2D eigenvalue weighted by Gasteiger charge is -2.15. The van der Waals surface area contributed by atoms with E-state index in [4.69, 9.17) is 19.1 Å². The van der Waals surface area contributed by atoms with Gasteiger partial charge < -0.3 is 14.1 Å². The van der Waals surface area contributed by atoms with E-state index < -0.39 is 0 Å². The number of likely N-dealkylation sites (tertiary alicyclic amines) is 1. The Bertz CT molecular complexity index is 1150. The SMILES string of the molecule is Cc1c(-c2nc(OCCCN3CCCC3)c3ccccc3n2)oc2ccccc12. The summed E-state index contributed by atoms with van der Waals surface area (Å²) in [5.41, 5.74) is 2.77. The molecule has 29 heavy (non-hydrogen) atoms. The van der Waals surface area contributed by atoms with Crippen LogP contribution in [-0.2, 0) is 0 Å². The van der Waals surface area contributed by atoms with Crippen molar-refractivity contribution in [1.29, 1.82) is 0 Å². The van der Waals surface area contributed by atoms with E-state index in [0.29, 0.717) is 24.1 Å². The molecule has 0 aliphatic carbocycles. The molecule has 5 rings (SSSR count). The third kappa shape index (κ3) is 3.58. The van der Waals surface area contributed by atoms with Gasteiger partial charge >= 0.3 is 0 Å². The summed E-state index contributed by atoms with van der Waals surface area (Å²) in [6.07, 6.45) is 3.63. The lowest BCUT2D eigenvalue weighted by Crippen LogP contribution is -2.22. The molecule has 2 aromatic carbocycles. The third-order valence-electron chi connectivity index (χ3n) is 5.67. The van der Waals surface area contributed by atoms with Crippen molar-refractivity contribution in [2.45, 2.75) is 26.2 Å². The number of aromatic nitrogens is 2. The van der Waals surface area contributed by atoms with Gasteiger partial charge in [0.15, 0.2) is 11.6 Å². The monoisotopic (exact) mass is 387 g/mol. The molecule has 0 amide bonds. The van der Waals surface area contributed by atoms with E-state index in [0.717, 1.165) is 40.4 Å². The summed E-state index contributed by atoms with van der Waals surface area (Å²) in [6.45, 7) is 6.21. The van der Waals surface area contributed by atoms with Crippen LogP contribution in [0.4, 0.5) is 0 Å². The fraction of sp³-hybridized carbons (Fsp3) is 0.333. The average Bonchev–Trinajstić information content (AvgIpc) is 3.39. The molecule has 3 heterocycles. The van der Waals surface area contributed by atoms with Gasteiger partial charge in [-0.05, 0) is 57.5 Å². The molecule has 1 aliphatic heterocycles. The van der Waals surface area contributed by atoms with Crippen LogP contribution in [0.2, 0.25) is 0 Å². The van der Waals surface area contributed by atoms with Crippen molar-refractivity contribution in [2.75, 3.05) is 26.2 Å². The topological polar surface area (TPSA) is 51.4 Å². The van der Waals surface area contributed by atoms with Gasteiger partial charge in [-0.3, -0.25) is 0 Å². The number of benzene rings is 2. The van der Waals surface area contributed by atoms with Crippen molar-refractivity contribution < 1.29 is 9.15 Å². The molecule has 5 heteroatoms. The second kappa shape index (κ2) is 7.84. The highest BCUT2D eigenvalue weighted by molar-refractivity contribution is 5.89. The molecule has 0 radical (unpaired) electrons. The molecule has 1 aliphatic rings. The number of furan rings is 1. The lowest BCUT2D eigenvalue weighted by molar-refractivity contribution is 0.259. The maximum absolute atomic E-state index is 6.14. The number of fused-ring (bicyclic) bond motifs is 2. The summed E-state index contributed by atoms with van der Waals surface area (Å²) in [6, 6.07) is 16.0. The predicted molar refractivity (Wildman–Crippen MR) is 115 cm³/mol. The molecular formula is C24H25N3O2. The summed E-state index contributed by atoms with van der Waals surface area (Å²) in [4.78, 5) is 12.0. The molecule has 1 saturated heterocycles. The Morgan fingerprint density at radius 2 is 1.72 bits per heavy atom. The van der Waals surface area contributed by atoms with Gasteiger partial charge in [-0.25, -0.2) is 4.98 Å². The average molecular weight is 387 g/mol. The van der Waals surface area contributed by atoms with E-state index in [-0.39, 0.29) is 0 Å². The van der Waals surface area contributed by atoms with Crippen LogP contribution in [-0.4, -0.2) is 41.1 Å². The Morgan fingerprint density at radius 1 is 0.966 bits per heavy atom. The zero-order chi connectivity index (χ0) is 19.6. The standard InChI is InChI=1S/C24H25N3O2/c1-17-18-9-3-5-12-21(18)29-22(17)23-25-20-11-4-2-10-19(20)24(26-23)28-16-8-15-27-13-6-7-14-27/h2-5,9-12H,6-8,13-16H2,1H3. The van der Waals surface area contributed by atoms with Crippen LogP contribution in [0.3, 0.4) is 0 Å². The number of hydrogen-bond donors (Lipinski definition) is 0. The molecule has 5 nitrogen and oxygen atoms in total. The largest absolute Gasteiger partial charge is 0.477 e. The molecule has 0 spiro atoms. The van der Waals surface area contributed by atoms with E-state index in [1.165, 1.54) is 25.9 Å². The van der Waals surface area contributed by atoms with Gasteiger partial charge in [-0.1, -0.05) is 30.3 Å². The minimum absolute atomic E-state index is 0.576. The van der Waals surface area contributed by atoms with E-state index >= 15 is 0 Å². The van der Waals surface area contributed by atoms with Gasteiger partial charge in [-0.15, -0.1) is 0 Å². The van der Waals surface area contributed by atoms with Gasteiger partial charge in [0.05, 0.1) is 17.5 Å². The quantitative estimate of drug-likeness (QED) is 0.425. The summed E-state index contributed by atoms with van der Waals surface area (Å²) in [5, 5.41) is 2.03. The molecule has 2 aromatic heterocycles. The lowest BCUT2D eigenvalue weighted by atomic mass is 10.1. The second-order valence-corrected chi connectivity index (χ2v) is 7.67. The van der Waals surface area contributed by atoms with E-state index in [2.05, 4.69) is 17.9 Å². The molecule has 0 saturated carbocycles. The number of hydrogen-bond acceptors (Lipinski definition) is 5. The molecule has 1 fully saturated rings. The van der Waals surface area contributed by atoms with Crippen molar-refractivity contribution in [3.63, 3.8) is 0 Å². The first-order valence-electron chi connectivity index (χ1n) is 10.4. The Kier molecular flexibility index (Phi) is 4.90. The van der Waals surface area contributed by atoms with Crippen LogP contribution in [0, 0.1) is 6.92 Å². The summed E-state index contributed by atoms with van der Waals surface area (Å²) < 4.78 is 12.2.